The van der Waals surface area contributed by atoms with Gasteiger partial charge in [0.2, 0.25) is 0 Å². The lowest BCUT2D eigenvalue weighted by Gasteiger charge is -2.26. The van der Waals surface area contributed by atoms with E-state index in [4.69, 9.17) is 0 Å². The maximum Gasteiger partial charge on any atom is 0.270 e. The van der Waals surface area contributed by atoms with Crippen LogP contribution in [0.4, 0.5) is 5.69 Å². The quantitative estimate of drug-likeness (QED) is 0.477. The summed E-state index contributed by atoms with van der Waals surface area (Å²) in [5, 5.41) is 10.8. The molecule has 1 aliphatic rings. The van der Waals surface area contributed by atoms with Gasteiger partial charge in [-0.25, -0.2) is 0 Å². The fourth-order valence-electron chi connectivity index (χ4n) is 2.05. The Hall–Kier alpha value is -1.69. The van der Waals surface area contributed by atoms with Gasteiger partial charge in [-0.2, -0.15) is 0 Å². The Morgan fingerprint density at radius 2 is 2.21 bits per heavy atom. The van der Waals surface area contributed by atoms with Crippen molar-refractivity contribution < 1.29 is 9.72 Å². The Labute approximate surface area is 119 Å². The first-order chi connectivity index (χ1) is 8.99. The monoisotopic (exact) mass is 324 g/mol. The fourth-order valence-corrected chi connectivity index (χ4v) is 2.46. The molecule has 1 aromatic carbocycles. The van der Waals surface area contributed by atoms with Gasteiger partial charge >= 0.3 is 0 Å². The molecule has 100 valence electrons. The fraction of sp³-hybridized carbons (Fsp3) is 0.308. The lowest BCUT2D eigenvalue weighted by Crippen LogP contribution is -2.35. The number of hydrogen-bond acceptors (Lipinski definition) is 3. The highest BCUT2D eigenvalue weighted by Gasteiger charge is 2.22. The smallest absolute Gasteiger partial charge is 0.270 e. The van der Waals surface area contributed by atoms with E-state index < -0.39 is 4.92 Å². The minimum atomic E-state index is -0.495. The van der Waals surface area contributed by atoms with Crippen LogP contribution in [0.1, 0.15) is 23.7 Å². The SMILES string of the molecule is CC1=CCCN(C(=O)c2cc([N+](=O)[O-])ccc2Br)C1. The molecule has 0 saturated carbocycles. The molecule has 19 heavy (non-hydrogen) atoms. The molecule has 0 atom stereocenters. The van der Waals surface area contributed by atoms with Crippen LogP contribution in [0.2, 0.25) is 0 Å². The molecule has 0 saturated heterocycles. The number of non-ortho nitro benzene ring substituents is 1. The third kappa shape index (κ3) is 3.01. The number of hydrogen-bond donors (Lipinski definition) is 0. The highest BCUT2D eigenvalue weighted by molar-refractivity contribution is 9.10. The summed E-state index contributed by atoms with van der Waals surface area (Å²) >= 11 is 3.28. The van der Waals surface area contributed by atoms with Crippen LogP contribution in [-0.2, 0) is 0 Å². The summed E-state index contributed by atoms with van der Waals surface area (Å²) in [5.74, 6) is -0.178. The highest BCUT2D eigenvalue weighted by atomic mass is 79.9. The Morgan fingerprint density at radius 3 is 2.84 bits per heavy atom. The van der Waals surface area contributed by atoms with Crippen LogP contribution in [0.3, 0.4) is 0 Å². The zero-order chi connectivity index (χ0) is 14.0. The Kier molecular flexibility index (Phi) is 3.99. The maximum absolute atomic E-state index is 12.4. The number of rotatable bonds is 2. The van der Waals surface area contributed by atoms with Gasteiger partial charge in [0.15, 0.2) is 0 Å². The van der Waals surface area contributed by atoms with Gasteiger partial charge in [0.25, 0.3) is 11.6 Å². The topological polar surface area (TPSA) is 63.5 Å². The number of nitro benzene ring substituents is 1. The molecule has 0 bridgehead atoms. The van der Waals surface area contributed by atoms with Crippen LogP contribution < -0.4 is 0 Å². The normalized spacial score (nSPS) is 15.1. The van der Waals surface area contributed by atoms with E-state index in [0.29, 0.717) is 23.1 Å². The van der Waals surface area contributed by atoms with Gasteiger partial charge in [-0.15, -0.1) is 0 Å². The standard InChI is InChI=1S/C13H13BrN2O3/c1-9-3-2-6-15(8-9)13(17)11-7-10(16(18)19)4-5-12(11)14/h3-5,7H,2,6,8H2,1H3. The van der Waals surface area contributed by atoms with Gasteiger partial charge in [0.05, 0.1) is 10.5 Å². The number of nitro groups is 1. The molecule has 1 heterocycles. The number of benzene rings is 1. The molecule has 0 spiro atoms. The van der Waals surface area contributed by atoms with E-state index in [-0.39, 0.29) is 11.6 Å². The summed E-state index contributed by atoms with van der Waals surface area (Å²) in [5.41, 5.74) is 1.40. The maximum atomic E-state index is 12.4. The molecule has 5 nitrogen and oxygen atoms in total. The van der Waals surface area contributed by atoms with Crippen molar-refractivity contribution in [1.29, 1.82) is 0 Å². The van der Waals surface area contributed by atoms with Crippen LogP contribution in [0.5, 0.6) is 0 Å². The third-order valence-electron chi connectivity index (χ3n) is 3.01. The summed E-state index contributed by atoms with van der Waals surface area (Å²) in [7, 11) is 0. The molecule has 1 amide bonds. The van der Waals surface area contributed by atoms with E-state index in [1.54, 1.807) is 4.90 Å². The third-order valence-corrected chi connectivity index (χ3v) is 3.70. The summed E-state index contributed by atoms with van der Waals surface area (Å²) < 4.78 is 0.579. The molecule has 1 aromatic rings. The Balaban J connectivity index is 2.30. The molecule has 2 rings (SSSR count). The van der Waals surface area contributed by atoms with E-state index in [1.807, 2.05) is 6.92 Å². The van der Waals surface area contributed by atoms with Crippen LogP contribution in [0, 0.1) is 10.1 Å². The molecule has 0 aromatic heterocycles. The molecular weight excluding hydrogens is 312 g/mol. The number of amides is 1. The minimum absolute atomic E-state index is 0.0733. The van der Waals surface area contributed by atoms with Crippen molar-refractivity contribution in [2.45, 2.75) is 13.3 Å². The van der Waals surface area contributed by atoms with Crippen molar-refractivity contribution in [3.8, 4) is 0 Å². The molecule has 0 unspecified atom stereocenters. The Bertz CT molecular complexity index is 569. The second-order valence-electron chi connectivity index (χ2n) is 4.49. The zero-order valence-corrected chi connectivity index (χ0v) is 12.0. The van der Waals surface area contributed by atoms with E-state index >= 15 is 0 Å². The number of carbonyl (C=O) groups excluding carboxylic acids is 1. The number of carbonyl (C=O) groups is 1. The van der Waals surface area contributed by atoms with Gasteiger partial charge in [-0.05, 0) is 35.3 Å². The van der Waals surface area contributed by atoms with E-state index in [9.17, 15) is 14.9 Å². The van der Waals surface area contributed by atoms with Crippen molar-refractivity contribution in [1.82, 2.24) is 4.90 Å². The molecule has 0 aliphatic carbocycles. The first kappa shape index (κ1) is 13.7. The Morgan fingerprint density at radius 1 is 1.47 bits per heavy atom. The van der Waals surface area contributed by atoms with E-state index in [0.717, 1.165) is 12.0 Å². The number of halogens is 1. The summed E-state index contributed by atoms with van der Waals surface area (Å²) in [6, 6.07) is 4.24. The van der Waals surface area contributed by atoms with E-state index in [2.05, 4.69) is 22.0 Å². The van der Waals surface area contributed by atoms with E-state index in [1.165, 1.54) is 18.2 Å². The largest absolute Gasteiger partial charge is 0.334 e. The predicted octanol–water partition coefficient (Wildman–Crippen LogP) is 3.15. The second kappa shape index (κ2) is 5.52. The van der Waals surface area contributed by atoms with Crippen LogP contribution in [0.15, 0.2) is 34.3 Å². The van der Waals surface area contributed by atoms with Crippen molar-refractivity contribution in [3.63, 3.8) is 0 Å². The first-order valence-corrected chi connectivity index (χ1v) is 6.67. The molecule has 0 fully saturated rings. The van der Waals surface area contributed by atoms with Crippen LogP contribution in [-0.4, -0.2) is 28.8 Å². The zero-order valence-electron chi connectivity index (χ0n) is 10.4. The molecule has 0 N–H and O–H groups in total. The van der Waals surface area contributed by atoms with Crippen molar-refractivity contribution in [2.75, 3.05) is 13.1 Å². The lowest BCUT2D eigenvalue weighted by atomic mass is 10.1. The summed E-state index contributed by atoms with van der Waals surface area (Å²) in [6.07, 6.45) is 2.93. The number of nitrogens with zero attached hydrogens (tertiary/aromatic N) is 2. The lowest BCUT2D eigenvalue weighted by molar-refractivity contribution is -0.384. The van der Waals surface area contributed by atoms with Crippen molar-refractivity contribution in [3.05, 3.63) is 50.0 Å². The van der Waals surface area contributed by atoms with Gasteiger partial charge in [0, 0.05) is 29.7 Å². The molecule has 1 aliphatic heterocycles. The highest BCUT2D eigenvalue weighted by Crippen LogP contribution is 2.25. The average molecular weight is 325 g/mol. The summed E-state index contributed by atoms with van der Waals surface area (Å²) in [6.45, 7) is 3.20. The second-order valence-corrected chi connectivity index (χ2v) is 5.34. The van der Waals surface area contributed by atoms with Gasteiger partial charge < -0.3 is 4.90 Å². The predicted molar refractivity (Wildman–Crippen MR) is 75.1 cm³/mol. The first-order valence-electron chi connectivity index (χ1n) is 5.88. The van der Waals surface area contributed by atoms with Gasteiger partial charge in [-0.1, -0.05) is 11.6 Å². The van der Waals surface area contributed by atoms with Gasteiger partial charge in [0.1, 0.15) is 0 Å². The minimum Gasteiger partial charge on any atom is -0.334 e. The molecule has 6 heteroatoms. The van der Waals surface area contributed by atoms with Crippen LogP contribution >= 0.6 is 15.9 Å². The van der Waals surface area contributed by atoms with Crippen molar-refractivity contribution >= 4 is 27.5 Å². The molecule has 0 radical (unpaired) electrons. The summed E-state index contributed by atoms with van der Waals surface area (Å²) in [4.78, 5) is 24.4. The average Bonchev–Trinajstić information content (AvgIpc) is 2.38. The molecular formula is C13H13BrN2O3. The van der Waals surface area contributed by atoms with Crippen molar-refractivity contribution in [2.24, 2.45) is 0 Å². The van der Waals surface area contributed by atoms with Gasteiger partial charge in [-0.3, -0.25) is 14.9 Å². The van der Waals surface area contributed by atoms with Crippen LogP contribution in [0.25, 0.3) is 0 Å².